The van der Waals surface area contributed by atoms with Crippen molar-refractivity contribution in [1.82, 2.24) is 0 Å². The summed E-state index contributed by atoms with van der Waals surface area (Å²) < 4.78 is 13.9. The van der Waals surface area contributed by atoms with Gasteiger partial charge in [-0.25, -0.2) is 4.39 Å². The van der Waals surface area contributed by atoms with Crippen molar-refractivity contribution in [2.24, 2.45) is 5.92 Å². The number of allylic oxidation sites excluding steroid dienone is 5. The molecule has 0 bridgehead atoms. The summed E-state index contributed by atoms with van der Waals surface area (Å²) in [4.78, 5) is 11.3. The topological polar surface area (TPSA) is 17.1 Å². The first kappa shape index (κ1) is 13.3. The Kier molecular flexibility index (Phi) is 5.62. The molecule has 0 fully saturated rings. The van der Waals surface area contributed by atoms with Crippen LogP contribution in [0, 0.1) is 5.92 Å². The predicted octanol–water partition coefficient (Wildman–Crippen LogP) is 3.92. The van der Waals surface area contributed by atoms with Crippen LogP contribution in [0.2, 0.25) is 0 Å². The highest BCUT2D eigenvalue weighted by atomic mass is 79.9. The number of rotatable bonds is 4. The van der Waals surface area contributed by atoms with Crippen molar-refractivity contribution in [2.75, 3.05) is 0 Å². The van der Waals surface area contributed by atoms with Crippen LogP contribution < -0.4 is 0 Å². The molecular weight excluding hydrogens is 247 g/mol. The van der Waals surface area contributed by atoms with Gasteiger partial charge in [-0.3, -0.25) is 4.79 Å². The molecule has 0 saturated heterocycles. The van der Waals surface area contributed by atoms with Gasteiger partial charge in [0.05, 0.1) is 0 Å². The minimum Gasteiger partial charge on any atom is -0.294 e. The fourth-order valence-electron chi connectivity index (χ4n) is 0.758. The van der Waals surface area contributed by atoms with E-state index < -0.39 is 5.83 Å². The molecule has 3 heteroatoms. The summed E-state index contributed by atoms with van der Waals surface area (Å²) in [5, 5.41) is 0. The van der Waals surface area contributed by atoms with E-state index in [1.165, 1.54) is 6.08 Å². The van der Waals surface area contributed by atoms with E-state index in [4.69, 9.17) is 0 Å². The summed E-state index contributed by atoms with van der Waals surface area (Å²) in [6, 6.07) is 0. The first-order chi connectivity index (χ1) is 6.40. The molecule has 0 aromatic rings. The zero-order valence-corrected chi connectivity index (χ0v) is 10.2. The highest BCUT2D eigenvalue weighted by Gasteiger charge is 2.15. The summed E-state index contributed by atoms with van der Waals surface area (Å²) in [6.07, 6.45) is 2.93. The lowest BCUT2D eigenvalue weighted by molar-refractivity contribution is -0.118. The Hall–Kier alpha value is -0.700. The van der Waals surface area contributed by atoms with Crippen LogP contribution in [0.4, 0.5) is 4.39 Å². The van der Waals surface area contributed by atoms with Crippen LogP contribution in [0.25, 0.3) is 0 Å². The number of halogens is 2. The molecule has 0 N–H and O–H groups in total. The third kappa shape index (κ3) is 4.01. The largest absolute Gasteiger partial charge is 0.294 e. The molecule has 0 unspecified atom stereocenters. The first-order valence-corrected chi connectivity index (χ1v) is 5.12. The zero-order chi connectivity index (χ0) is 11.3. The Bertz CT molecular complexity index is 300. The van der Waals surface area contributed by atoms with Crippen LogP contribution in [0.5, 0.6) is 0 Å². The number of carbonyl (C=O) groups excluding carboxylic acids is 1. The SMILES string of the molecule is C=C(C(=O)C(C)C)C(F)=CC(Br)=CC. The minimum absolute atomic E-state index is 0.0706. The molecule has 0 spiro atoms. The van der Waals surface area contributed by atoms with E-state index in [1.807, 2.05) is 0 Å². The van der Waals surface area contributed by atoms with Gasteiger partial charge in [-0.2, -0.15) is 0 Å². The highest BCUT2D eigenvalue weighted by Crippen LogP contribution is 2.19. The minimum atomic E-state index is -0.589. The molecule has 0 atom stereocenters. The third-order valence-corrected chi connectivity index (χ3v) is 2.34. The second kappa shape index (κ2) is 5.91. The average Bonchev–Trinajstić information content (AvgIpc) is 2.14. The van der Waals surface area contributed by atoms with E-state index in [-0.39, 0.29) is 17.3 Å². The lowest BCUT2D eigenvalue weighted by Gasteiger charge is -2.04. The van der Waals surface area contributed by atoms with Crippen LogP contribution in [0.15, 0.2) is 34.6 Å². The Morgan fingerprint density at radius 2 is 2.00 bits per heavy atom. The molecule has 0 radical (unpaired) electrons. The van der Waals surface area contributed by atoms with Crippen molar-refractivity contribution < 1.29 is 9.18 Å². The van der Waals surface area contributed by atoms with Gasteiger partial charge in [-0.15, -0.1) is 0 Å². The van der Waals surface area contributed by atoms with Gasteiger partial charge in [0.15, 0.2) is 5.78 Å². The Balaban J connectivity index is 4.72. The maximum Gasteiger partial charge on any atom is 0.167 e. The standard InChI is InChI=1S/C11H14BrFO/c1-5-9(12)6-10(13)8(4)11(14)7(2)3/h5-7H,4H2,1-3H3. The summed E-state index contributed by atoms with van der Waals surface area (Å²) in [7, 11) is 0. The maximum absolute atomic E-state index is 13.3. The lowest BCUT2D eigenvalue weighted by Crippen LogP contribution is -2.09. The monoisotopic (exact) mass is 260 g/mol. The molecule has 0 aliphatic carbocycles. The summed E-state index contributed by atoms with van der Waals surface area (Å²) in [6.45, 7) is 8.61. The van der Waals surface area contributed by atoms with E-state index in [1.54, 1.807) is 26.8 Å². The van der Waals surface area contributed by atoms with E-state index in [0.29, 0.717) is 4.48 Å². The Morgan fingerprint density at radius 3 is 2.36 bits per heavy atom. The first-order valence-electron chi connectivity index (χ1n) is 4.32. The fraction of sp³-hybridized carbons (Fsp3) is 0.364. The number of hydrogen-bond acceptors (Lipinski definition) is 1. The molecule has 78 valence electrons. The maximum atomic E-state index is 13.3. The molecule has 0 aliphatic rings. The van der Waals surface area contributed by atoms with Crippen molar-refractivity contribution >= 4 is 21.7 Å². The van der Waals surface area contributed by atoms with Crippen molar-refractivity contribution in [2.45, 2.75) is 20.8 Å². The van der Waals surface area contributed by atoms with Crippen molar-refractivity contribution in [3.63, 3.8) is 0 Å². The lowest BCUT2D eigenvalue weighted by atomic mass is 10.0. The van der Waals surface area contributed by atoms with Gasteiger partial charge in [0.1, 0.15) is 5.83 Å². The van der Waals surface area contributed by atoms with Gasteiger partial charge < -0.3 is 0 Å². The molecule has 1 nitrogen and oxygen atoms in total. The van der Waals surface area contributed by atoms with Crippen LogP contribution in [-0.4, -0.2) is 5.78 Å². The van der Waals surface area contributed by atoms with Gasteiger partial charge in [-0.05, 0) is 13.0 Å². The summed E-state index contributed by atoms with van der Waals surface area (Å²) in [5.74, 6) is -1.09. The van der Waals surface area contributed by atoms with Crippen molar-refractivity contribution in [3.05, 3.63) is 34.6 Å². The predicted molar refractivity (Wildman–Crippen MR) is 60.9 cm³/mol. The molecule has 0 saturated carbocycles. The van der Waals surface area contributed by atoms with Gasteiger partial charge in [0, 0.05) is 16.0 Å². The number of Topliss-reactive ketones (excluding diaryl/α,β-unsaturated/α-hetero) is 1. The molecule has 0 aromatic heterocycles. The highest BCUT2D eigenvalue weighted by molar-refractivity contribution is 9.11. The van der Waals surface area contributed by atoms with Crippen molar-refractivity contribution in [1.29, 1.82) is 0 Å². The van der Waals surface area contributed by atoms with Crippen LogP contribution >= 0.6 is 15.9 Å². The van der Waals surface area contributed by atoms with Gasteiger partial charge in [0.2, 0.25) is 0 Å². The molecule has 0 heterocycles. The molecule has 14 heavy (non-hydrogen) atoms. The van der Waals surface area contributed by atoms with E-state index in [0.717, 1.165) is 0 Å². The summed E-state index contributed by atoms with van der Waals surface area (Å²) >= 11 is 3.12. The quantitative estimate of drug-likeness (QED) is 0.553. The Labute approximate surface area is 92.5 Å². The van der Waals surface area contributed by atoms with E-state index in [2.05, 4.69) is 22.5 Å². The fourth-order valence-corrected chi connectivity index (χ4v) is 0.959. The van der Waals surface area contributed by atoms with Gasteiger partial charge >= 0.3 is 0 Å². The molecule has 0 aliphatic heterocycles. The second-order valence-electron chi connectivity index (χ2n) is 3.16. The summed E-state index contributed by atoms with van der Waals surface area (Å²) in [5.41, 5.74) is -0.0706. The third-order valence-electron chi connectivity index (χ3n) is 1.65. The van der Waals surface area contributed by atoms with Gasteiger partial charge in [0.25, 0.3) is 0 Å². The van der Waals surface area contributed by atoms with Crippen LogP contribution in [0.3, 0.4) is 0 Å². The van der Waals surface area contributed by atoms with Crippen LogP contribution in [-0.2, 0) is 4.79 Å². The number of carbonyl (C=O) groups is 1. The molecule has 0 amide bonds. The van der Waals surface area contributed by atoms with E-state index in [9.17, 15) is 9.18 Å². The molecule has 0 rings (SSSR count). The average molecular weight is 261 g/mol. The van der Waals surface area contributed by atoms with Crippen molar-refractivity contribution in [3.8, 4) is 0 Å². The smallest absolute Gasteiger partial charge is 0.167 e. The second-order valence-corrected chi connectivity index (χ2v) is 4.08. The van der Waals surface area contributed by atoms with Gasteiger partial charge in [-0.1, -0.05) is 42.4 Å². The normalized spacial score (nSPS) is 13.3. The number of ketones is 1. The zero-order valence-electron chi connectivity index (χ0n) is 8.60. The number of hydrogen-bond donors (Lipinski definition) is 0. The van der Waals surface area contributed by atoms with E-state index >= 15 is 0 Å². The Morgan fingerprint density at radius 1 is 1.50 bits per heavy atom. The molecular formula is C11H14BrFO. The van der Waals surface area contributed by atoms with Crippen LogP contribution in [0.1, 0.15) is 20.8 Å². The molecule has 0 aromatic carbocycles.